The third-order valence-electron chi connectivity index (χ3n) is 16.4. The Labute approximate surface area is 428 Å². The third kappa shape index (κ3) is 12.2. The van der Waals surface area contributed by atoms with E-state index < -0.39 is 6.04 Å². The summed E-state index contributed by atoms with van der Waals surface area (Å²) in [5.41, 5.74) is 6.44. The number of nitrogens with zero attached hydrogens (tertiary/aromatic N) is 7. The van der Waals surface area contributed by atoms with E-state index in [4.69, 9.17) is 4.74 Å². The van der Waals surface area contributed by atoms with E-state index in [1.54, 1.807) is 0 Å². The van der Waals surface area contributed by atoms with Gasteiger partial charge in [-0.05, 0) is 124 Å². The number of amides is 4. The molecule has 1 aromatic carbocycles. The lowest BCUT2D eigenvalue weighted by molar-refractivity contribution is -0.139. The van der Waals surface area contributed by atoms with Crippen LogP contribution in [0.2, 0.25) is 0 Å². The largest absolute Gasteiger partial charge is 0.375 e. The summed E-state index contributed by atoms with van der Waals surface area (Å²) in [6.45, 7) is 10.4. The van der Waals surface area contributed by atoms with Crippen LogP contribution in [0.3, 0.4) is 0 Å². The van der Waals surface area contributed by atoms with E-state index in [9.17, 15) is 24.0 Å². The van der Waals surface area contributed by atoms with Crippen LogP contribution in [0.1, 0.15) is 138 Å². The minimum absolute atomic E-state index is 0. The molecule has 0 bridgehead atoms. The highest BCUT2D eigenvalue weighted by Gasteiger charge is 2.37. The molecule has 4 amide bonds. The molecular formula is C56H80N10O6. The van der Waals surface area contributed by atoms with Crippen LogP contribution in [0.15, 0.2) is 65.7 Å². The van der Waals surface area contributed by atoms with E-state index in [0.29, 0.717) is 63.0 Å². The van der Waals surface area contributed by atoms with Gasteiger partial charge in [0.1, 0.15) is 11.7 Å². The Morgan fingerprint density at radius 3 is 2.22 bits per heavy atom. The summed E-state index contributed by atoms with van der Waals surface area (Å²) >= 11 is 0. The van der Waals surface area contributed by atoms with Gasteiger partial charge >= 0.3 is 0 Å². The summed E-state index contributed by atoms with van der Waals surface area (Å²) in [6, 6.07) is 15.5. The monoisotopic (exact) mass is 989 g/mol. The molecule has 0 radical (unpaired) electrons. The molecule has 3 N–H and O–H groups in total. The summed E-state index contributed by atoms with van der Waals surface area (Å²) < 4.78 is 6.64. The molecule has 16 nitrogen and oxygen atoms in total. The Balaban J connectivity index is 0.00000273. The van der Waals surface area contributed by atoms with Crippen molar-refractivity contribution < 1.29 is 28.2 Å². The number of ether oxygens (including phenoxy) is 1. The highest BCUT2D eigenvalue weighted by atomic mass is 16.5. The maximum atomic E-state index is 14.4. The lowest BCUT2D eigenvalue weighted by atomic mass is 9.83. The molecule has 2 atom stereocenters. The Morgan fingerprint density at radius 1 is 0.764 bits per heavy atom. The molecule has 4 aromatic rings. The molecule has 4 aliphatic heterocycles. The number of anilines is 1. The zero-order valence-electron chi connectivity index (χ0n) is 42.2. The van der Waals surface area contributed by atoms with Crippen LogP contribution >= 0.6 is 0 Å². The highest BCUT2D eigenvalue weighted by Crippen LogP contribution is 2.31. The maximum absolute atomic E-state index is 14.4. The normalized spacial score (nSPS) is 21.5. The maximum Gasteiger partial charge on any atom is 0.272 e. The average molecular weight is 989 g/mol. The molecule has 2 saturated carbocycles. The Bertz CT molecular complexity index is 2610. The standard InChI is InChI=1S/C56H74N10O6.3H2/c1-2-39-32-49-50(60-53(39)68)30-38(33-58-49)36-62-26-28-63(29-27-62)45-15-16-48(59-34-45)55(70)64-22-17-46(18-23-64)72-47-19-24-65(25-20-47)56(71)52(40-8-4-3-5-9-40)61-54(69)42-11-6-10-41(31-42)43-12-7-21-66(37-43)51(67)35-57-44-13-14-44;;;/h6,10-11,15-16,30-34,40,43-44,46-47,52,57H,2-5,7-9,12-14,17-29,35-37H2,1H3,(H,60,68)(H,61,69);3*1H/t43?,52-;;;/m1.../s1. The van der Waals surface area contributed by atoms with Crippen molar-refractivity contribution >= 4 is 40.3 Å². The van der Waals surface area contributed by atoms with Crippen molar-refractivity contribution in [1.82, 2.24) is 45.2 Å². The Kier molecular flexibility index (Phi) is 15.9. The second-order valence-electron chi connectivity index (χ2n) is 21.4. The molecule has 6 aliphatic rings. The van der Waals surface area contributed by atoms with Crippen molar-refractivity contribution in [1.29, 1.82) is 0 Å². The Hall–Kier alpha value is -5.71. The second-order valence-corrected chi connectivity index (χ2v) is 21.4. The van der Waals surface area contributed by atoms with Gasteiger partial charge in [0.25, 0.3) is 17.4 Å². The fraction of sp³-hybridized carbons (Fsp3) is 0.589. The number of piperazine rings is 1. The van der Waals surface area contributed by atoms with E-state index in [2.05, 4.69) is 41.5 Å². The topological polar surface area (TPSA) is 176 Å². The molecule has 16 heteroatoms. The first kappa shape index (κ1) is 49.9. The molecule has 3 aromatic heterocycles. The number of carbonyl (C=O) groups excluding carboxylic acids is 4. The lowest BCUT2D eigenvalue weighted by Crippen LogP contribution is -2.55. The first-order valence-corrected chi connectivity index (χ1v) is 27.2. The highest BCUT2D eigenvalue weighted by molar-refractivity contribution is 5.98. The van der Waals surface area contributed by atoms with Gasteiger partial charge in [-0.25, -0.2) is 4.98 Å². The van der Waals surface area contributed by atoms with Gasteiger partial charge in [0, 0.05) is 106 Å². The van der Waals surface area contributed by atoms with Crippen LogP contribution < -0.4 is 21.1 Å². The molecule has 2 aliphatic carbocycles. The van der Waals surface area contributed by atoms with Gasteiger partial charge in [-0.15, -0.1) is 0 Å². The van der Waals surface area contributed by atoms with E-state index in [1.807, 2.05) is 76.5 Å². The number of piperidine rings is 3. The van der Waals surface area contributed by atoms with Crippen LogP contribution in [0.5, 0.6) is 0 Å². The van der Waals surface area contributed by atoms with Gasteiger partial charge in [0.05, 0.1) is 41.7 Å². The van der Waals surface area contributed by atoms with Gasteiger partial charge in [0.2, 0.25) is 11.8 Å². The van der Waals surface area contributed by atoms with Crippen LogP contribution in [0.25, 0.3) is 11.0 Å². The Morgan fingerprint density at radius 2 is 1.51 bits per heavy atom. The molecule has 0 spiro atoms. The minimum atomic E-state index is -0.570. The van der Waals surface area contributed by atoms with Crippen LogP contribution in [0.4, 0.5) is 5.69 Å². The molecular weight excluding hydrogens is 909 g/mol. The van der Waals surface area contributed by atoms with Crippen LogP contribution in [-0.2, 0) is 27.3 Å². The first-order chi connectivity index (χ1) is 35.1. The minimum Gasteiger partial charge on any atom is -0.375 e. The second kappa shape index (κ2) is 23.0. The molecule has 6 fully saturated rings. The number of aromatic nitrogens is 3. The van der Waals surface area contributed by atoms with E-state index in [1.165, 1.54) is 0 Å². The predicted molar refractivity (Wildman–Crippen MR) is 283 cm³/mol. The van der Waals surface area contributed by atoms with Gasteiger partial charge in [0.15, 0.2) is 0 Å². The fourth-order valence-electron chi connectivity index (χ4n) is 11.8. The number of benzene rings is 1. The van der Waals surface area contributed by atoms with E-state index in [-0.39, 0.29) is 57.5 Å². The van der Waals surface area contributed by atoms with Crippen molar-refractivity contribution in [3.63, 3.8) is 0 Å². The number of hydrogen-bond acceptors (Lipinski definition) is 11. The molecule has 1 unspecified atom stereocenters. The number of aromatic amines is 1. The van der Waals surface area contributed by atoms with Crippen molar-refractivity contribution in [3.8, 4) is 0 Å². The first-order valence-electron chi connectivity index (χ1n) is 27.2. The lowest BCUT2D eigenvalue weighted by Gasteiger charge is -2.39. The number of fused-ring (bicyclic) bond motifs is 1. The average Bonchev–Trinajstić information content (AvgIpc) is 4.27. The number of pyridine rings is 3. The number of nitrogens with one attached hydrogen (secondary N) is 3. The van der Waals surface area contributed by atoms with Crippen molar-refractivity contribution in [2.24, 2.45) is 5.92 Å². The number of H-pyrrole nitrogens is 1. The van der Waals surface area contributed by atoms with E-state index in [0.717, 1.165) is 156 Å². The smallest absolute Gasteiger partial charge is 0.272 e. The fourth-order valence-corrected chi connectivity index (χ4v) is 11.8. The summed E-state index contributed by atoms with van der Waals surface area (Å²) in [4.78, 5) is 90.1. The van der Waals surface area contributed by atoms with Crippen molar-refractivity contribution in [3.05, 3.63) is 99.2 Å². The summed E-state index contributed by atoms with van der Waals surface area (Å²) in [7, 11) is 0. The van der Waals surface area contributed by atoms with Gasteiger partial charge in [-0.2, -0.15) is 0 Å². The summed E-state index contributed by atoms with van der Waals surface area (Å²) in [5.74, 6) is 0.177. The van der Waals surface area contributed by atoms with E-state index >= 15 is 0 Å². The number of aryl methyl sites for hydroxylation is 1. The number of hydrogen-bond donors (Lipinski definition) is 3. The molecule has 7 heterocycles. The van der Waals surface area contributed by atoms with Gasteiger partial charge in [-0.1, -0.05) is 38.3 Å². The predicted octanol–water partition coefficient (Wildman–Crippen LogP) is 6.39. The number of likely N-dealkylation sites (tertiary alicyclic amines) is 3. The zero-order chi connectivity index (χ0) is 49.6. The van der Waals surface area contributed by atoms with Crippen LogP contribution in [0, 0.1) is 5.92 Å². The van der Waals surface area contributed by atoms with Crippen molar-refractivity contribution in [2.45, 2.75) is 134 Å². The quantitative estimate of drug-likeness (QED) is 0.120. The number of rotatable bonds is 15. The van der Waals surface area contributed by atoms with Crippen molar-refractivity contribution in [2.75, 3.05) is 76.9 Å². The number of carbonyl (C=O) groups is 4. The molecule has 10 rings (SSSR count). The zero-order valence-corrected chi connectivity index (χ0v) is 42.2. The molecule has 4 saturated heterocycles. The molecule has 72 heavy (non-hydrogen) atoms. The summed E-state index contributed by atoms with van der Waals surface area (Å²) in [6.07, 6.45) is 16.8. The third-order valence-corrected chi connectivity index (χ3v) is 16.4. The van der Waals surface area contributed by atoms with Gasteiger partial charge in [-0.3, -0.25) is 33.9 Å². The SMILES string of the molecule is CCc1cc2ncc(CN3CCN(c4ccc(C(=O)N5CCC(OC6CCN(C(=O)[C@H](NC(=O)c7cccc(C8CCCN(C(=O)CNC9CC9)C8)c7)C7CCCCC7)CC6)CC5)nc4)CC3)cc2[nH]c1=O.[HH].[HH].[HH]. The van der Waals surface area contributed by atoms with Gasteiger partial charge < -0.3 is 40.0 Å². The molecule has 390 valence electrons. The van der Waals surface area contributed by atoms with Crippen LogP contribution in [-0.4, -0.2) is 154 Å². The summed E-state index contributed by atoms with van der Waals surface area (Å²) in [5, 5.41) is 6.59.